The van der Waals surface area contributed by atoms with Gasteiger partial charge in [0.15, 0.2) is 5.84 Å². The lowest BCUT2D eigenvalue weighted by Crippen LogP contribution is -2.48. The first-order valence-corrected chi connectivity index (χ1v) is 4.52. The van der Waals surface area contributed by atoms with Crippen LogP contribution in [0.3, 0.4) is 0 Å². The van der Waals surface area contributed by atoms with E-state index in [9.17, 15) is 9.59 Å². The van der Waals surface area contributed by atoms with Crippen LogP contribution in [0.5, 0.6) is 0 Å². The van der Waals surface area contributed by atoms with Gasteiger partial charge in [-0.25, -0.2) is 0 Å². The van der Waals surface area contributed by atoms with Crippen molar-refractivity contribution in [1.82, 2.24) is 5.32 Å². The van der Waals surface area contributed by atoms with Crippen LogP contribution >= 0.6 is 0 Å². The van der Waals surface area contributed by atoms with Gasteiger partial charge in [0.1, 0.15) is 11.5 Å². The second-order valence-electron chi connectivity index (χ2n) is 3.66. The molecule has 0 radical (unpaired) electrons. The Morgan fingerprint density at radius 3 is 2.33 bits per heavy atom. The van der Waals surface area contributed by atoms with Crippen molar-refractivity contribution in [3.8, 4) is 0 Å². The highest BCUT2D eigenvalue weighted by atomic mass is 16.4. The highest BCUT2D eigenvalue weighted by molar-refractivity contribution is 6.10. The molecular weight excluding hydrogens is 200 g/mol. The molecule has 0 heterocycles. The molecule has 84 valence electrons. The number of nitrogens with two attached hydrogens (primary N) is 2. The van der Waals surface area contributed by atoms with Gasteiger partial charge in [-0.3, -0.25) is 9.59 Å². The van der Waals surface area contributed by atoms with E-state index in [1.807, 2.05) is 0 Å². The Hall–Kier alpha value is -1.79. The molecule has 0 saturated heterocycles. The number of amides is 2. The van der Waals surface area contributed by atoms with E-state index in [1.54, 1.807) is 0 Å². The molecule has 15 heavy (non-hydrogen) atoms. The van der Waals surface area contributed by atoms with Crippen LogP contribution in [-0.4, -0.2) is 28.9 Å². The summed E-state index contributed by atoms with van der Waals surface area (Å²) in [6.45, 7) is 1.47. The average molecular weight is 214 g/mol. The van der Waals surface area contributed by atoms with Crippen LogP contribution in [0.4, 0.5) is 0 Å². The maximum Gasteiger partial charge on any atom is 0.239 e. The van der Waals surface area contributed by atoms with Crippen molar-refractivity contribution in [2.75, 3.05) is 0 Å². The summed E-state index contributed by atoms with van der Waals surface area (Å²) < 4.78 is 0. The van der Waals surface area contributed by atoms with Crippen LogP contribution in [0.15, 0.2) is 5.16 Å². The number of carbonyl (C=O) groups is 2. The highest BCUT2D eigenvalue weighted by Gasteiger charge is 2.54. The van der Waals surface area contributed by atoms with Crippen molar-refractivity contribution in [2.24, 2.45) is 22.0 Å². The first-order valence-electron chi connectivity index (χ1n) is 4.52. The Labute approximate surface area is 86.5 Å². The number of nitrogens with zero attached hydrogens (tertiary/aromatic N) is 1. The van der Waals surface area contributed by atoms with E-state index in [4.69, 9.17) is 16.7 Å². The second-order valence-corrected chi connectivity index (χ2v) is 3.66. The lowest BCUT2D eigenvalue weighted by molar-refractivity contribution is -0.128. The van der Waals surface area contributed by atoms with E-state index in [1.165, 1.54) is 6.92 Å². The van der Waals surface area contributed by atoms with Gasteiger partial charge in [-0.15, -0.1) is 0 Å². The predicted octanol–water partition coefficient (Wildman–Crippen LogP) is -1.50. The molecule has 1 aliphatic carbocycles. The minimum atomic E-state index is -0.946. The lowest BCUT2D eigenvalue weighted by Gasteiger charge is -2.16. The fraction of sp³-hybridized carbons (Fsp3) is 0.625. The summed E-state index contributed by atoms with van der Waals surface area (Å²) in [5, 5.41) is 13.7. The summed E-state index contributed by atoms with van der Waals surface area (Å²) in [6, 6.07) is -0.763. The molecule has 0 spiro atoms. The largest absolute Gasteiger partial charge is 0.409 e. The van der Waals surface area contributed by atoms with Crippen molar-refractivity contribution in [1.29, 1.82) is 0 Å². The van der Waals surface area contributed by atoms with E-state index in [2.05, 4.69) is 10.5 Å². The molecule has 1 aliphatic rings. The summed E-state index contributed by atoms with van der Waals surface area (Å²) in [4.78, 5) is 22.4. The van der Waals surface area contributed by atoms with Crippen molar-refractivity contribution in [3.05, 3.63) is 0 Å². The van der Waals surface area contributed by atoms with Gasteiger partial charge in [-0.1, -0.05) is 5.16 Å². The van der Waals surface area contributed by atoms with Crippen LogP contribution in [-0.2, 0) is 9.59 Å². The van der Waals surface area contributed by atoms with Crippen molar-refractivity contribution in [2.45, 2.75) is 25.8 Å². The Morgan fingerprint density at radius 1 is 1.47 bits per heavy atom. The maximum absolute atomic E-state index is 11.7. The molecule has 1 atom stereocenters. The zero-order valence-corrected chi connectivity index (χ0v) is 8.36. The lowest BCUT2D eigenvalue weighted by atomic mass is 10.0. The van der Waals surface area contributed by atoms with E-state index in [0.717, 1.165) is 0 Å². The molecule has 7 heteroatoms. The molecule has 1 rings (SSSR count). The normalized spacial score (nSPS) is 20.5. The van der Waals surface area contributed by atoms with E-state index in [0.29, 0.717) is 12.8 Å². The van der Waals surface area contributed by atoms with E-state index in [-0.39, 0.29) is 5.84 Å². The number of hydrogen-bond acceptors (Lipinski definition) is 4. The third-order valence-corrected chi connectivity index (χ3v) is 2.56. The monoisotopic (exact) mass is 214 g/mol. The molecule has 1 fully saturated rings. The van der Waals surface area contributed by atoms with Crippen LogP contribution in [0, 0.1) is 5.41 Å². The SMILES string of the molecule is CC(NC(=O)C1(C(N)=NO)CC1)C(N)=O. The Kier molecular flexibility index (Phi) is 2.83. The van der Waals surface area contributed by atoms with Gasteiger partial charge in [0.2, 0.25) is 11.8 Å². The van der Waals surface area contributed by atoms with Gasteiger partial charge in [-0.2, -0.15) is 0 Å². The first kappa shape index (κ1) is 11.3. The molecule has 0 aromatic carbocycles. The van der Waals surface area contributed by atoms with Gasteiger partial charge in [0.25, 0.3) is 0 Å². The molecule has 0 aromatic rings. The minimum absolute atomic E-state index is 0.128. The molecule has 1 unspecified atom stereocenters. The number of rotatable bonds is 4. The van der Waals surface area contributed by atoms with Gasteiger partial charge in [0, 0.05) is 0 Å². The minimum Gasteiger partial charge on any atom is -0.409 e. The molecule has 0 aliphatic heterocycles. The van der Waals surface area contributed by atoms with Crippen LogP contribution in [0.25, 0.3) is 0 Å². The highest BCUT2D eigenvalue weighted by Crippen LogP contribution is 2.46. The number of hydrogen-bond donors (Lipinski definition) is 4. The molecule has 6 N–H and O–H groups in total. The molecule has 2 amide bonds. The first-order chi connectivity index (χ1) is 6.94. The van der Waals surface area contributed by atoms with Crippen LogP contribution < -0.4 is 16.8 Å². The third-order valence-electron chi connectivity index (χ3n) is 2.56. The van der Waals surface area contributed by atoms with Gasteiger partial charge in [-0.05, 0) is 19.8 Å². The van der Waals surface area contributed by atoms with Crippen molar-refractivity contribution >= 4 is 17.6 Å². The second kappa shape index (κ2) is 3.76. The number of nitrogens with one attached hydrogen (secondary N) is 1. The standard InChI is InChI=1S/C8H14N4O3/c1-4(5(9)13)11-7(14)8(2-3-8)6(10)12-15/h4,15H,2-3H2,1H3,(H2,9,13)(H2,10,12)(H,11,14). The number of carbonyl (C=O) groups excluding carboxylic acids is 2. The van der Waals surface area contributed by atoms with Gasteiger partial charge in [0.05, 0.1) is 0 Å². The number of amidine groups is 1. The molecule has 0 aromatic heterocycles. The predicted molar refractivity (Wildman–Crippen MR) is 51.9 cm³/mol. The summed E-state index contributed by atoms with van der Waals surface area (Å²) in [5.74, 6) is -1.18. The third kappa shape index (κ3) is 2.00. The fourth-order valence-electron chi connectivity index (χ4n) is 1.23. The summed E-state index contributed by atoms with van der Waals surface area (Å²) in [6.07, 6.45) is 1.03. The smallest absolute Gasteiger partial charge is 0.239 e. The van der Waals surface area contributed by atoms with Gasteiger partial charge >= 0.3 is 0 Å². The van der Waals surface area contributed by atoms with E-state index < -0.39 is 23.3 Å². The average Bonchev–Trinajstić information content (AvgIpc) is 2.97. The van der Waals surface area contributed by atoms with Gasteiger partial charge < -0.3 is 22.0 Å². The zero-order valence-electron chi connectivity index (χ0n) is 8.36. The molecule has 7 nitrogen and oxygen atoms in total. The quantitative estimate of drug-likeness (QED) is 0.196. The topological polar surface area (TPSA) is 131 Å². The summed E-state index contributed by atoms with van der Waals surface area (Å²) >= 11 is 0. The van der Waals surface area contributed by atoms with E-state index >= 15 is 0 Å². The maximum atomic E-state index is 11.7. The molecule has 0 bridgehead atoms. The van der Waals surface area contributed by atoms with Crippen molar-refractivity contribution < 1.29 is 14.8 Å². The van der Waals surface area contributed by atoms with Crippen LogP contribution in [0.2, 0.25) is 0 Å². The number of oxime groups is 1. The number of primary amides is 1. The summed E-state index contributed by atoms with van der Waals surface area (Å²) in [7, 11) is 0. The molecule has 1 saturated carbocycles. The Bertz CT molecular complexity index is 322. The fourth-order valence-corrected chi connectivity index (χ4v) is 1.23. The summed E-state index contributed by atoms with van der Waals surface area (Å²) in [5.41, 5.74) is 9.44. The zero-order chi connectivity index (χ0) is 11.6. The molecular formula is C8H14N4O3. The Morgan fingerprint density at radius 2 is 2.00 bits per heavy atom. The van der Waals surface area contributed by atoms with Crippen LogP contribution in [0.1, 0.15) is 19.8 Å². The Balaban J connectivity index is 2.66. The van der Waals surface area contributed by atoms with Crippen molar-refractivity contribution in [3.63, 3.8) is 0 Å².